The predicted octanol–water partition coefficient (Wildman–Crippen LogP) is 0.514. The number of hydrazine groups is 1. The van der Waals surface area contributed by atoms with Gasteiger partial charge in [-0.25, -0.2) is 5.84 Å². The third-order valence-corrected chi connectivity index (χ3v) is 3.99. The summed E-state index contributed by atoms with van der Waals surface area (Å²) in [6.07, 6.45) is 1.12. The largest absolute Gasteiger partial charge is 0.518 e. The summed E-state index contributed by atoms with van der Waals surface area (Å²) < 4.78 is 67.6. The lowest BCUT2D eigenvalue weighted by Crippen LogP contribution is -2.48. The molecule has 1 saturated heterocycles. The number of rotatable bonds is 9. The molecule has 0 aliphatic carbocycles. The molecule has 2 N–H and O–H groups in total. The number of nitrogens with zero attached hydrogens (tertiary/aromatic N) is 1. The number of unbranched alkanes of at least 4 members (excludes halogenated alkanes) is 2. The Morgan fingerprint density at radius 1 is 1.33 bits per heavy atom. The monoisotopic (exact) mass is 334 g/mol. The number of carbonyl (C=O) groups excluding carboxylic acids is 1. The first kappa shape index (κ1) is 18.1. The van der Waals surface area contributed by atoms with Crippen LogP contribution in [-0.2, 0) is 24.3 Å². The van der Waals surface area contributed by atoms with E-state index < -0.39 is 25.9 Å². The van der Waals surface area contributed by atoms with Gasteiger partial charge in [0.15, 0.2) is 0 Å². The van der Waals surface area contributed by atoms with Gasteiger partial charge in [0, 0.05) is 13.0 Å². The first-order valence-corrected chi connectivity index (χ1v) is 7.68. The van der Waals surface area contributed by atoms with Gasteiger partial charge >= 0.3 is 15.5 Å². The second-order valence-corrected chi connectivity index (χ2v) is 6.29. The molecule has 0 bridgehead atoms. The number of nitrogens with two attached hydrogens (primary N) is 1. The van der Waals surface area contributed by atoms with Crippen LogP contribution in [-0.4, -0.2) is 50.2 Å². The Morgan fingerprint density at radius 2 is 1.95 bits per heavy atom. The van der Waals surface area contributed by atoms with Crippen LogP contribution in [0.1, 0.15) is 25.7 Å². The number of halogens is 3. The average Bonchev–Trinajstić information content (AvgIpc) is 3.19. The molecule has 1 atom stereocenters. The fourth-order valence-corrected chi connectivity index (χ4v) is 1.97. The molecule has 124 valence electrons. The van der Waals surface area contributed by atoms with Gasteiger partial charge in [-0.05, 0) is 12.8 Å². The smallest absolute Gasteiger partial charge is 0.379 e. The number of epoxide rings is 1. The van der Waals surface area contributed by atoms with Crippen LogP contribution in [0.2, 0.25) is 0 Å². The number of amides is 1. The molecule has 7 nitrogen and oxygen atoms in total. The minimum Gasteiger partial charge on any atom is -0.379 e. The molecule has 1 aliphatic rings. The maximum atomic E-state index is 12.2. The van der Waals surface area contributed by atoms with E-state index in [-0.39, 0.29) is 18.9 Å². The van der Waals surface area contributed by atoms with Crippen molar-refractivity contribution in [3.05, 3.63) is 0 Å². The SMILES string of the molecule is NN(C(=O)CCCCCOCC1CO1)S(=O)(=O)C(F)(F)F. The van der Waals surface area contributed by atoms with E-state index in [1.54, 1.807) is 0 Å². The van der Waals surface area contributed by atoms with E-state index in [2.05, 4.69) is 0 Å². The van der Waals surface area contributed by atoms with E-state index in [1.807, 2.05) is 0 Å². The van der Waals surface area contributed by atoms with Gasteiger partial charge in [0.1, 0.15) is 6.10 Å². The third-order valence-electron chi connectivity index (χ3n) is 2.68. The van der Waals surface area contributed by atoms with E-state index in [1.165, 1.54) is 0 Å². The van der Waals surface area contributed by atoms with Crippen molar-refractivity contribution in [3.8, 4) is 0 Å². The Morgan fingerprint density at radius 3 is 2.48 bits per heavy atom. The molecule has 1 unspecified atom stereocenters. The van der Waals surface area contributed by atoms with Crippen LogP contribution < -0.4 is 5.84 Å². The van der Waals surface area contributed by atoms with E-state index in [0.29, 0.717) is 32.7 Å². The van der Waals surface area contributed by atoms with Gasteiger partial charge in [0.25, 0.3) is 5.91 Å². The number of alkyl halides is 3. The molecule has 0 aromatic heterocycles. The van der Waals surface area contributed by atoms with Gasteiger partial charge in [0.2, 0.25) is 0 Å². The molecule has 21 heavy (non-hydrogen) atoms. The zero-order chi connectivity index (χ0) is 16.1. The standard InChI is InChI=1S/C10H17F3N2O5S/c11-10(12,13)21(17,18)15(14)9(16)4-2-1-3-5-19-6-8-7-20-8/h8H,1-7,14H2. The van der Waals surface area contributed by atoms with Gasteiger partial charge in [-0.15, -0.1) is 0 Å². The lowest BCUT2D eigenvalue weighted by Gasteiger charge is -2.18. The fraction of sp³-hybridized carbons (Fsp3) is 0.900. The van der Waals surface area contributed by atoms with Crippen LogP contribution in [0.15, 0.2) is 0 Å². The highest BCUT2D eigenvalue weighted by Gasteiger charge is 2.51. The minimum atomic E-state index is -5.81. The zero-order valence-corrected chi connectivity index (χ0v) is 12.0. The average molecular weight is 334 g/mol. The van der Waals surface area contributed by atoms with E-state index in [9.17, 15) is 26.4 Å². The van der Waals surface area contributed by atoms with Crippen LogP contribution in [0.5, 0.6) is 0 Å². The molecule has 1 rings (SSSR count). The fourth-order valence-electron chi connectivity index (χ4n) is 1.39. The number of hydrogen-bond acceptors (Lipinski definition) is 6. The molecule has 0 radical (unpaired) electrons. The maximum absolute atomic E-state index is 12.2. The van der Waals surface area contributed by atoms with Gasteiger partial charge in [0.05, 0.1) is 13.2 Å². The van der Waals surface area contributed by atoms with Gasteiger partial charge < -0.3 is 9.47 Å². The minimum absolute atomic E-state index is 0.157. The van der Waals surface area contributed by atoms with Crippen molar-refractivity contribution in [1.29, 1.82) is 0 Å². The number of carbonyl (C=O) groups is 1. The highest BCUT2D eigenvalue weighted by atomic mass is 32.2. The van der Waals surface area contributed by atoms with Crippen LogP contribution in [0, 0.1) is 0 Å². The van der Waals surface area contributed by atoms with E-state index >= 15 is 0 Å². The number of sulfonamides is 1. The predicted molar refractivity (Wildman–Crippen MR) is 65.0 cm³/mol. The van der Waals surface area contributed by atoms with Crippen molar-refractivity contribution in [1.82, 2.24) is 4.41 Å². The molecule has 0 aromatic carbocycles. The van der Waals surface area contributed by atoms with E-state index in [4.69, 9.17) is 15.3 Å². The van der Waals surface area contributed by atoms with Crippen molar-refractivity contribution >= 4 is 15.9 Å². The Labute approximate surface area is 120 Å². The molecule has 1 heterocycles. The maximum Gasteiger partial charge on any atom is 0.518 e. The first-order valence-electron chi connectivity index (χ1n) is 6.24. The third kappa shape index (κ3) is 5.77. The summed E-state index contributed by atoms with van der Waals surface area (Å²) in [5.41, 5.74) is -5.59. The number of ether oxygens (including phenoxy) is 2. The highest BCUT2D eigenvalue weighted by molar-refractivity contribution is 7.90. The molecule has 0 saturated carbocycles. The van der Waals surface area contributed by atoms with Crippen LogP contribution >= 0.6 is 0 Å². The van der Waals surface area contributed by atoms with Crippen LogP contribution in [0.25, 0.3) is 0 Å². The summed E-state index contributed by atoms with van der Waals surface area (Å²) in [4.78, 5) is 11.3. The molecular formula is C10H17F3N2O5S. The Kier molecular flexibility index (Phi) is 6.38. The molecule has 1 aliphatic heterocycles. The summed E-state index contributed by atoms with van der Waals surface area (Å²) in [5, 5.41) is 0. The summed E-state index contributed by atoms with van der Waals surface area (Å²) in [7, 11) is -5.81. The van der Waals surface area contributed by atoms with Gasteiger partial charge in [-0.2, -0.15) is 26.0 Å². The summed E-state index contributed by atoms with van der Waals surface area (Å²) in [5.74, 6) is 3.43. The quantitative estimate of drug-likeness (QED) is 0.217. The zero-order valence-electron chi connectivity index (χ0n) is 11.1. The Hall–Kier alpha value is -0.910. The molecule has 1 fully saturated rings. The summed E-state index contributed by atoms with van der Waals surface area (Å²) in [6, 6.07) is 0. The van der Waals surface area contributed by atoms with Crippen molar-refractivity contribution < 1.29 is 35.9 Å². The first-order chi connectivity index (χ1) is 9.66. The van der Waals surface area contributed by atoms with Crippen LogP contribution in [0.4, 0.5) is 13.2 Å². The molecular weight excluding hydrogens is 317 g/mol. The van der Waals surface area contributed by atoms with Crippen molar-refractivity contribution in [2.45, 2.75) is 37.3 Å². The van der Waals surface area contributed by atoms with Crippen molar-refractivity contribution in [2.75, 3.05) is 19.8 Å². The Balaban J connectivity index is 2.17. The normalized spacial score (nSPS) is 18.6. The van der Waals surface area contributed by atoms with E-state index in [0.717, 1.165) is 0 Å². The molecule has 0 aromatic rings. The van der Waals surface area contributed by atoms with Crippen molar-refractivity contribution in [3.63, 3.8) is 0 Å². The second-order valence-electron chi connectivity index (χ2n) is 4.48. The lowest BCUT2D eigenvalue weighted by molar-refractivity contribution is -0.128. The Bertz CT molecular complexity index is 450. The topological polar surface area (TPSA) is 102 Å². The number of hydrogen-bond donors (Lipinski definition) is 1. The summed E-state index contributed by atoms with van der Waals surface area (Å²) >= 11 is 0. The van der Waals surface area contributed by atoms with Gasteiger partial charge in [-0.3, -0.25) is 4.79 Å². The molecule has 11 heteroatoms. The van der Waals surface area contributed by atoms with Crippen LogP contribution in [0.3, 0.4) is 0 Å². The molecule has 0 spiro atoms. The molecule has 1 amide bonds. The lowest BCUT2D eigenvalue weighted by atomic mass is 10.2. The highest BCUT2D eigenvalue weighted by Crippen LogP contribution is 2.25. The summed E-state index contributed by atoms with van der Waals surface area (Å²) in [6.45, 7) is 1.63. The second kappa shape index (κ2) is 7.38. The van der Waals surface area contributed by atoms with Crippen molar-refractivity contribution in [2.24, 2.45) is 5.84 Å². The van der Waals surface area contributed by atoms with Gasteiger partial charge in [-0.1, -0.05) is 6.42 Å².